The number of amides is 2. The Morgan fingerprint density at radius 3 is 1.22 bits per heavy atom. The van der Waals surface area contributed by atoms with Crippen LogP contribution in [0.15, 0.2) is 231 Å². The van der Waals surface area contributed by atoms with Crippen molar-refractivity contribution < 1.29 is 24.2 Å². The summed E-state index contributed by atoms with van der Waals surface area (Å²) in [7, 11) is 0. The van der Waals surface area contributed by atoms with Crippen LogP contribution in [0.4, 0.5) is 4.79 Å². The highest BCUT2D eigenvalue weighted by molar-refractivity contribution is 5.81. The average Bonchev–Trinajstić information content (AvgIpc) is 3.82. The SMILES string of the molecule is NCCNCCNC(c1ccccc1)(c1ccccc1)c1ccccc1.O=C(O)CCC(=O)N(CCNC(=O)OCC1c2ccccc2-c2ccccc21)CCNC(c1ccccc1)(c1ccccc1)c1ccccc1. The Bertz CT molecular complexity index is 2800. The highest BCUT2D eigenvalue weighted by Crippen LogP contribution is 2.45. The van der Waals surface area contributed by atoms with Crippen LogP contribution in [0, 0.1) is 0 Å². The molecule has 0 aliphatic heterocycles. The third-order valence-electron chi connectivity index (χ3n) is 13.9. The number of carbonyl (C=O) groups is 3. The maximum atomic E-state index is 13.3. The molecule has 0 saturated carbocycles. The standard InChI is InChI=1S/C42H41N3O5.C23H27N3/c46-39(24-25-40(47)48)45(28-26-43-41(49)50-30-38-36-22-12-10-20-34(36)35-21-11-13-23-37(35)38)29-27-44-42(31-14-4-1-5-15-31,32-16-6-2-7-17-32)33-18-8-3-9-19-33;24-16-17-25-18-19-26-23(20-10-4-1-5-11-20,21-12-6-2-7-13-21)22-14-8-3-9-15-22/h1-23,38,44H,24-30H2,(H,43,49)(H,47,48);1-15,25-26H,16-19,24H2. The second-order valence-corrected chi connectivity index (χ2v) is 18.6. The van der Waals surface area contributed by atoms with Gasteiger partial charge in [0, 0.05) is 64.7 Å². The summed E-state index contributed by atoms with van der Waals surface area (Å²) in [5.41, 5.74) is 15.8. The van der Waals surface area contributed by atoms with Crippen molar-refractivity contribution in [3.63, 3.8) is 0 Å². The van der Waals surface area contributed by atoms with Gasteiger partial charge in [0.1, 0.15) is 6.61 Å². The van der Waals surface area contributed by atoms with Gasteiger partial charge >= 0.3 is 12.1 Å². The summed E-state index contributed by atoms with van der Waals surface area (Å²) in [4.78, 5) is 39.1. The molecule has 8 aromatic rings. The maximum absolute atomic E-state index is 13.3. The Balaban J connectivity index is 0.000000247. The summed E-state index contributed by atoms with van der Waals surface area (Å²) in [6.45, 7) is 4.39. The highest BCUT2D eigenvalue weighted by atomic mass is 16.5. The van der Waals surface area contributed by atoms with Gasteiger partial charge in [0.2, 0.25) is 5.91 Å². The molecule has 0 heterocycles. The van der Waals surface area contributed by atoms with E-state index in [4.69, 9.17) is 10.5 Å². The van der Waals surface area contributed by atoms with Gasteiger partial charge in [0.25, 0.3) is 0 Å². The van der Waals surface area contributed by atoms with Crippen LogP contribution < -0.4 is 27.0 Å². The number of alkyl carbamates (subject to hydrolysis) is 1. The molecule has 388 valence electrons. The van der Waals surface area contributed by atoms with Gasteiger partial charge in [0.15, 0.2) is 0 Å². The molecule has 1 aliphatic carbocycles. The van der Waals surface area contributed by atoms with Gasteiger partial charge in [-0.1, -0.05) is 231 Å². The fraction of sp³-hybridized carbons (Fsp3) is 0.215. The maximum Gasteiger partial charge on any atom is 0.407 e. The Morgan fingerprint density at radius 2 is 0.829 bits per heavy atom. The first kappa shape index (κ1) is 54.1. The zero-order chi connectivity index (χ0) is 52.8. The topological polar surface area (TPSA) is 158 Å². The minimum Gasteiger partial charge on any atom is -0.481 e. The lowest BCUT2D eigenvalue weighted by atomic mass is 9.77. The van der Waals surface area contributed by atoms with E-state index in [9.17, 15) is 19.5 Å². The molecule has 0 saturated heterocycles. The number of rotatable bonds is 24. The normalized spacial score (nSPS) is 11.9. The molecule has 2 amide bonds. The van der Waals surface area contributed by atoms with E-state index in [0.29, 0.717) is 19.6 Å². The molecule has 0 radical (unpaired) electrons. The van der Waals surface area contributed by atoms with Crippen molar-refractivity contribution in [2.24, 2.45) is 5.73 Å². The summed E-state index contributed by atoms with van der Waals surface area (Å²) in [6.07, 6.45) is -0.981. The van der Waals surface area contributed by atoms with Crippen LogP contribution in [0.2, 0.25) is 0 Å². The molecule has 7 N–H and O–H groups in total. The molecule has 0 bridgehead atoms. The van der Waals surface area contributed by atoms with Crippen LogP contribution in [0.25, 0.3) is 11.1 Å². The van der Waals surface area contributed by atoms with E-state index in [0.717, 1.165) is 58.6 Å². The third-order valence-corrected chi connectivity index (χ3v) is 13.9. The molecule has 0 fully saturated rings. The highest BCUT2D eigenvalue weighted by Gasteiger charge is 2.37. The molecule has 11 heteroatoms. The lowest BCUT2D eigenvalue weighted by molar-refractivity contribution is -0.140. The first-order valence-corrected chi connectivity index (χ1v) is 26.2. The van der Waals surface area contributed by atoms with Crippen molar-refractivity contribution in [1.82, 2.24) is 26.2 Å². The third kappa shape index (κ3) is 13.2. The largest absolute Gasteiger partial charge is 0.481 e. The second-order valence-electron chi connectivity index (χ2n) is 18.6. The first-order chi connectivity index (χ1) is 37.3. The van der Waals surface area contributed by atoms with Gasteiger partial charge in [-0.05, 0) is 55.6 Å². The average molecular weight is 1010 g/mol. The van der Waals surface area contributed by atoms with Crippen molar-refractivity contribution in [2.75, 3.05) is 59.0 Å². The number of benzene rings is 8. The Labute approximate surface area is 447 Å². The van der Waals surface area contributed by atoms with Crippen molar-refractivity contribution in [1.29, 1.82) is 0 Å². The molecule has 9 rings (SSSR count). The summed E-state index contributed by atoms with van der Waals surface area (Å²) >= 11 is 0. The molecular weight excluding hydrogens is 945 g/mol. The number of ether oxygens (including phenoxy) is 1. The summed E-state index contributed by atoms with van der Waals surface area (Å²) in [6, 6.07) is 78.8. The number of nitrogens with two attached hydrogens (primary N) is 1. The van der Waals surface area contributed by atoms with E-state index >= 15 is 0 Å². The number of hydrogen-bond acceptors (Lipinski definition) is 8. The van der Waals surface area contributed by atoms with Gasteiger partial charge in [-0.25, -0.2) is 4.79 Å². The number of hydrogen-bond donors (Lipinski definition) is 6. The predicted molar refractivity (Wildman–Crippen MR) is 303 cm³/mol. The lowest BCUT2D eigenvalue weighted by Gasteiger charge is -2.38. The molecule has 1 aliphatic rings. The van der Waals surface area contributed by atoms with Crippen LogP contribution in [0.1, 0.15) is 63.3 Å². The van der Waals surface area contributed by atoms with Crippen molar-refractivity contribution in [3.05, 3.63) is 275 Å². The van der Waals surface area contributed by atoms with E-state index in [1.165, 1.54) is 16.7 Å². The van der Waals surface area contributed by atoms with E-state index < -0.39 is 23.1 Å². The molecule has 8 aromatic carbocycles. The second kappa shape index (κ2) is 27.4. The fourth-order valence-corrected chi connectivity index (χ4v) is 10.4. The van der Waals surface area contributed by atoms with E-state index in [-0.39, 0.29) is 44.4 Å². The van der Waals surface area contributed by atoms with Crippen molar-refractivity contribution >= 4 is 18.0 Å². The van der Waals surface area contributed by atoms with Crippen molar-refractivity contribution in [2.45, 2.75) is 29.8 Å². The number of nitrogens with zero attached hydrogens (tertiary/aromatic N) is 1. The summed E-state index contributed by atoms with van der Waals surface area (Å²) < 4.78 is 5.69. The van der Waals surface area contributed by atoms with Crippen LogP contribution in [0.5, 0.6) is 0 Å². The molecule has 0 atom stereocenters. The predicted octanol–water partition coefficient (Wildman–Crippen LogP) is 9.92. The van der Waals surface area contributed by atoms with Gasteiger partial charge in [0.05, 0.1) is 17.5 Å². The molecule has 11 nitrogen and oxygen atoms in total. The Hall–Kier alpha value is -8.19. The number of carboxylic acids is 1. The molecular formula is C65H68N6O5. The van der Waals surface area contributed by atoms with Crippen LogP contribution in [-0.2, 0) is 25.4 Å². The van der Waals surface area contributed by atoms with Gasteiger partial charge in [-0.2, -0.15) is 0 Å². The molecule has 0 spiro atoms. The number of carboxylic acid groups (broad SMARTS) is 1. The Morgan fingerprint density at radius 1 is 0.461 bits per heavy atom. The zero-order valence-electron chi connectivity index (χ0n) is 42.9. The lowest BCUT2D eigenvalue weighted by Crippen LogP contribution is -2.49. The number of aliphatic carboxylic acids is 1. The minimum absolute atomic E-state index is 0.0626. The Kier molecular flexibility index (Phi) is 19.5. The fourth-order valence-electron chi connectivity index (χ4n) is 10.4. The van der Waals surface area contributed by atoms with E-state index in [1.54, 1.807) is 4.90 Å². The molecule has 0 unspecified atom stereocenters. The van der Waals surface area contributed by atoms with E-state index in [1.807, 2.05) is 78.9 Å². The summed E-state index contributed by atoms with van der Waals surface area (Å²) in [5.74, 6) is -1.40. The molecule has 0 aromatic heterocycles. The van der Waals surface area contributed by atoms with Gasteiger partial charge < -0.3 is 31.1 Å². The van der Waals surface area contributed by atoms with Crippen LogP contribution >= 0.6 is 0 Å². The van der Waals surface area contributed by atoms with Gasteiger partial charge in [-0.15, -0.1) is 0 Å². The summed E-state index contributed by atoms with van der Waals surface area (Å²) in [5, 5.41) is 23.1. The van der Waals surface area contributed by atoms with Crippen molar-refractivity contribution in [3.8, 4) is 11.1 Å². The first-order valence-electron chi connectivity index (χ1n) is 26.2. The quantitative estimate of drug-likeness (QED) is 0.0256. The van der Waals surface area contributed by atoms with E-state index in [2.05, 4.69) is 173 Å². The zero-order valence-corrected chi connectivity index (χ0v) is 42.9. The van der Waals surface area contributed by atoms with Crippen LogP contribution in [0.3, 0.4) is 0 Å². The monoisotopic (exact) mass is 1010 g/mol. The van der Waals surface area contributed by atoms with Gasteiger partial charge in [-0.3, -0.25) is 20.2 Å². The van der Waals surface area contributed by atoms with Crippen LogP contribution in [-0.4, -0.2) is 86.9 Å². The number of nitrogens with one attached hydrogen (secondary N) is 4. The number of carbonyl (C=O) groups excluding carboxylic acids is 2. The molecule has 76 heavy (non-hydrogen) atoms. The minimum atomic E-state index is -1.04. The number of fused-ring (bicyclic) bond motifs is 3. The smallest absolute Gasteiger partial charge is 0.407 e.